The van der Waals surface area contributed by atoms with Crippen LogP contribution in [0.5, 0.6) is 0 Å². The molecule has 1 saturated heterocycles. The van der Waals surface area contributed by atoms with Gasteiger partial charge >= 0.3 is 0 Å². The summed E-state index contributed by atoms with van der Waals surface area (Å²) in [5.74, 6) is -3.70. The highest BCUT2D eigenvalue weighted by molar-refractivity contribution is 6.30. The van der Waals surface area contributed by atoms with Crippen LogP contribution in [0.3, 0.4) is 0 Å². The van der Waals surface area contributed by atoms with E-state index in [4.69, 9.17) is 17.0 Å². The number of carbonyl (C=O) groups is 1. The summed E-state index contributed by atoms with van der Waals surface area (Å²) in [4.78, 5) is 22.1. The first-order chi connectivity index (χ1) is 14.9. The number of nitrogens with one attached hydrogen (secondary N) is 3. The van der Waals surface area contributed by atoms with Gasteiger partial charge in [0, 0.05) is 25.7 Å². The maximum absolute atomic E-state index is 14.6. The molecule has 9 nitrogen and oxygen atoms in total. The number of rotatable bonds is 7. The van der Waals surface area contributed by atoms with Crippen molar-refractivity contribution in [3.8, 4) is 6.07 Å². The standard InChI is InChI=1S/C19H17ClF2N8O/c20-13-9-25-18(26-10-13)27-11-16-19(21,22)3-6-30(16)17(31)14-7-12(8-24)1-2-15(14)29-28-5-4-23/h1-2,4-5,7,9-10,16,23,29H,3,6,11H2,(H,25,26,27)/b23-4?,28-5-. The highest BCUT2D eigenvalue weighted by Gasteiger charge is 2.50. The van der Waals surface area contributed by atoms with E-state index in [1.807, 2.05) is 6.07 Å². The van der Waals surface area contributed by atoms with E-state index in [0.717, 1.165) is 17.3 Å². The summed E-state index contributed by atoms with van der Waals surface area (Å²) in [5, 5.41) is 22.9. The Labute approximate surface area is 181 Å². The molecule has 1 aliphatic heterocycles. The van der Waals surface area contributed by atoms with Crippen molar-refractivity contribution in [2.75, 3.05) is 23.8 Å². The van der Waals surface area contributed by atoms with Crippen molar-refractivity contribution < 1.29 is 13.6 Å². The summed E-state index contributed by atoms with van der Waals surface area (Å²) in [6, 6.07) is 4.70. The molecule has 1 atom stereocenters. The van der Waals surface area contributed by atoms with E-state index >= 15 is 0 Å². The number of hydrogen-bond acceptors (Lipinski definition) is 8. The number of halogens is 3. The number of nitrogens with zero attached hydrogens (tertiary/aromatic N) is 5. The predicted octanol–water partition coefficient (Wildman–Crippen LogP) is 3.01. The number of likely N-dealkylation sites (tertiary alicyclic amines) is 1. The third kappa shape index (κ3) is 5.10. The molecule has 2 aromatic rings. The average Bonchev–Trinajstić information content (AvgIpc) is 3.07. The zero-order valence-corrected chi connectivity index (χ0v) is 16.8. The van der Waals surface area contributed by atoms with Crippen LogP contribution < -0.4 is 10.7 Å². The maximum Gasteiger partial charge on any atom is 0.271 e. The Hall–Kier alpha value is -3.65. The Balaban J connectivity index is 1.86. The molecule has 0 bridgehead atoms. The van der Waals surface area contributed by atoms with Crippen LogP contribution in [0, 0.1) is 16.7 Å². The quantitative estimate of drug-likeness (QED) is 0.442. The molecule has 0 saturated carbocycles. The lowest BCUT2D eigenvalue weighted by Gasteiger charge is -2.28. The second kappa shape index (κ2) is 9.44. The summed E-state index contributed by atoms with van der Waals surface area (Å²) in [7, 11) is 0. The fraction of sp³-hybridized carbons (Fsp3) is 0.263. The SMILES string of the molecule is N#Cc1ccc(N/N=C\C=N)c(C(=O)N2CCC(F)(F)C2CNc2ncc(Cl)cn2)c1. The molecular weight excluding hydrogens is 430 g/mol. The van der Waals surface area contributed by atoms with E-state index in [-0.39, 0.29) is 35.9 Å². The fourth-order valence-corrected chi connectivity index (χ4v) is 3.20. The summed E-state index contributed by atoms with van der Waals surface area (Å²) in [5.41, 5.74) is 3.04. The molecule has 1 aliphatic rings. The van der Waals surface area contributed by atoms with E-state index in [9.17, 15) is 18.8 Å². The average molecular weight is 447 g/mol. The minimum absolute atomic E-state index is 0.0200. The Morgan fingerprint density at radius 2 is 2.19 bits per heavy atom. The van der Waals surface area contributed by atoms with E-state index < -0.39 is 24.3 Å². The molecule has 1 aromatic carbocycles. The van der Waals surface area contributed by atoms with Gasteiger partial charge in [-0.3, -0.25) is 10.2 Å². The number of amides is 1. The monoisotopic (exact) mass is 446 g/mol. The van der Waals surface area contributed by atoms with Crippen molar-refractivity contribution in [1.29, 1.82) is 10.7 Å². The molecule has 31 heavy (non-hydrogen) atoms. The molecule has 1 fully saturated rings. The van der Waals surface area contributed by atoms with Crippen molar-refractivity contribution in [2.24, 2.45) is 5.10 Å². The lowest BCUT2D eigenvalue weighted by atomic mass is 10.1. The molecule has 3 rings (SSSR count). The largest absolute Gasteiger partial charge is 0.352 e. The number of nitriles is 1. The summed E-state index contributed by atoms with van der Waals surface area (Å²) in [6.07, 6.45) is 4.23. The number of hydrogen-bond donors (Lipinski definition) is 3. The molecule has 2 heterocycles. The number of aromatic nitrogens is 2. The molecule has 0 spiro atoms. The highest BCUT2D eigenvalue weighted by Crippen LogP contribution is 2.36. The second-order valence-corrected chi connectivity index (χ2v) is 7.00. The molecule has 12 heteroatoms. The van der Waals surface area contributed by atoms with Gasteiger partial charge in [0.05, 0.1) is 46.5 Å². The van der Waals surface area contributed by atoms with E-state index in [1.54, 1.807) is 0 Å². The van der Waals surface area contributed by atoms with Crippen LogP contribution in [-0.4, -0.2) is 58.3 Å². The lowest BCUT2D eigenvalue weighted by molar-refractivity contribution is -0.0248. The van der Waals surface area contributed by atoms with Crippen LogP contribution in [0.15, 0.2) is 35.7 Å². The van der Waals surface area contributed by atoms with Gasteiger partial charge in [0.15, 0.2) is 0 Å². The van der Waals surface area contributed by atoms with Crippen LogP contribution in [0.1, 0.15) is 22.3 Å². The van der Waals surface area contributed by atoms with Crippen LogP contribution in [0.4, 0.5) is 20.4 Å². The number of hydrazone groups is 1. The number of benzene rings is 1. The van der Waals surface area contributed by atoms with Gasteiger partial charge in [-0.05, 0) is 18.2 Å². The van der Waals surface area contributed by atoms with Gasteiger partial charge in [0.25, 0.3) is 11.8 Å². The zero-order valence-electron chi connectivity index (χ0n) is 16.0. The molecule has 1 unspecified atom stereocenters. The topological polar surface area (TPSA) is 130 Å². The first-order valence-corrected chi connectivity index (χ1v) is 9.46. The molecule has 160 valence electrons. The van der Waals surface area contributed by atoms with Crippen molar-refractivity contribution in [3.63, 3.8) is 0 Å². The van der Waals surface area contributed by atoms with Gasteiger partial charge in [-0.1, -0.05) is 11.6 Å². The lowest BCUT2D eigenvalue weighted by Crippen LogP contribution is -2.47. The van der Waals surface area contributed by atoms with E-state index in [2.05, 4.69) is 25.8 Å². The first kappa shape index (κ1) is 22.0. The molecular formula is C19H17ClF2N8O. The van der Waals surface area contributed by atoms with Crippen molar-refractivity contribution >= 4 is 41.6 Å². The van der Waals surface area contributed by atoms with Crippen molar-refractivity contribution in [3.05, 3.63) is 46.7 Å². The normalized spacial score (nSPS) is 17.4. The first-order valence-electron chi connectivity index (χ1n) is 9.08. The molecule has 0 aliphatic carbocycles. The van der Waals surface area contributed by atoms with Crippen molar-refractivity contribution in [2.45, 2.75) is 18.4 Å². The fourth-order valence-electron chi connectivity index (χ4n) is 3.10. The Bertz CT molecular complexity index is 1040. The third-order valence-corrected chi connectivity index (χ3v) is 4.79. The molecule has 1 amide bonds. The van der Waals surface area contributed by atoms with Gasteiger partial charge in [0.1, 0.15) is 6.04 Å². The number of carbonyl (C=O) groups excluding carboxylic acids is 1. The predicted molar refractivity (Wildman–Crippen MR) is 112 cm³/mol. The van der Waals surface area contributed by atoms with Gasteiger partial charge in [-0.15, -0.1) is 0 Å². The maximum atomic E-state index is 14.6. The summed E-state index contributed by atoms with van der Waals surface area (Å²) < 4.78 is 29.2. The van der Waals surface area contributed by atoms with Crippen LogP contribution in [0.2, 0.25) is 5.02 Å². The Morgan fingerprint density at radius 3 is 2.87 bits per heavy atom. The van der Waals surface area contributed by atoms with Gasteiger partial charge in [0.2, 0.25) is 5.95 Å². The minimum Gasteiger partial charge on any atom is -0.352 e. The Kier molecular flexibility index (Phi) is 6.71. The number of alkyl halides is 2. The van der Waals surface area contributed by atoms with Crippen LogP contribution in [-0.2, 0) is 0 Å². The smallest absolute Gasteiger partial charge is 0.271 e. The third-order valence-electron chi connectivity index (χ3n) is 4.60. The van der Waals surface area contributed by atoms with E-state index in [1.165, 1.54) is 30.6 Å². The van der Waals surface area contributed by atoms with Gasteiger partial charge in [-0.2, -0.15) is 10.4 Å². The highest BCUT2D eigenvalue weighted by atomic mass is 35.5. The molecule has 0 radical (unpaired) electrons. The van der Waals surface area contributed by atoms with Crippen LogP contribution >= 0.6 is 11.6 Å². The van der Waals surface area contributed by atoms with Crippen molar-refractivity contribution in [1.82, 2.24) is 14.9 Å². The van der Waals surface area contributed by atoms with Gasteiger partial charge < -0.3 is 15.6 Å². The summed E-state index contributed by atoms with van der Waals surface area (Å²) in [6.45, 7) is -0.452. The van der Waals surface area contributed by atoms with Gasteiger partial charge in [-0.25, -0.2) is 18.7 Å². The second-order valence-electron chi connectivity index (χ2n) is 6.56. The Morgan fingerprint density at radius 1 is 1.45 bits per heavy atom. The van der Waals surface area contributed by atoms with Crippen LogP contribution in [0.25, 0.3) is 0 Å². The number of anilines is 2. The summed E-state index contributed by atoms with van der Waals surface area (Å²) >= 11 is 5.73. The van der Waals surface area contributed by atoms with E-state index in [0.29, 0.717) is 5.02 Å². The molecule has 1 aromatic heterocycles. The minimum atomic E-state index is -3.13. The zero-order chi connectivity index (χ0) is 22.4. The molecule has 3 N–H and O–H groups in total.